The first-order valence-electron chi connectivity index (χ1n) is 7.80. The van der Waals surface area contributed by atoms with Crippen LogP contribution in [0.2, 0.25) is 0 Å². The quantitative estimate of drug-likeness (QED) is 0.766. The number of halogens is 1. The van der Waals surface area contributed by atoms with Crippen molar-refractivity contribution in [3.63, 3.8) is 0 Å². The predicted molar refractivity (Wildman–Crippen MR) is 91.0 cm³/mol. The number of sulfonamides is 1. The fourth-order valence-electron chi connectivity index (χ4n) is 2.94. The molecule has 7 heteroatoms. The molecule has 0 saturated heterocycles. The molecular formula is C16H23ClN2O3S. The summed E-state index contributed by atoms with van der Waals surface area (Å²) in [4.78, 5) is 11.9. The number of benzene rings is 1. The van der Waals surface area contributed by atoms with Crippen LogP contribution >= 0.6 is 11.6 Å². The highest BCUT2D eigenvalue weighted by atomic mass is 35.5. The Labute approximate surface area is 142 Å². The summed E-state index contributed by atoms with van der Waals surface area (Å²) >= 11 is 5.58. The number of aryl methyl sites for hydroxylation is 1. The Kier molecular flexibility index (Phi) is 6.06. The maximum Gasteiger partial charge on any atom is 0.240 e. The van der Waals surface area contributed by atoms with E-state index in [1.165, 1.54) is 0 Å². The highest BCUT2D eigenvalue weighted by Crippen LogP contribution is 2.28. The third-order valence-corrected chi connectivity index (χ3v) is 5.93. The van der Waals surface area contributed by atoms with Crippen LogP contribution in [0.4, 0.5) is 0 Å². The molecule has 2 N–H and O–H groups in total. The van der Waals surface area contributed by atoms with Gasteiger partial charge in [0.25, 0.3) is 0 Å². The van der Waals surface area contributed by atoms with E-state index >= 15 is 0 Å². The molecule has 1 saturated carbocycles. The van der Waals surface area contributed by atoms with Crippen molar-refractivity contribution in [3.05, 3.63) is 29.8 Å². The first kappa shape index (κ1) is 18.2. The third-order valence-electron chi connectivity index (χ3n) is 4.27. The fourth-order valence-corrected chi connectivity index (χ4v) is 4.13. The highest BCUT2D eigenvalue weighted by Gasteiger charge is 2.34. The lowest BCUT2D eigenvalue weighted by molar-refractivity contribution is -0.120. The Balaban J connectivity index is 2.10. The number of rotatable bonds is 6. The topological polar surface area (TPSA) is 75.3 Å². The van der Waals surface area contributed by atoms with Crippen molar-refractivity contribution in [1.29, 1.82) is 0 Å². The molecule has 2 rings (SSSR count). The number of amides is 1. The van der Waals surface area contributed by atoms with Crippen LogP contribution in [0.15, 0.2) is 29.2 Å². The molecule has 0 radical (unpaired) electrons. The van der Waals surface area contributed by atoms with Gasteiger partial charge in [-0.05, 0) is 31.9 Å². The van der Waals surface area contributed by atoms with Gasteiger partial charge in [-0.3, -0.25) is 4.79 Å². The summed E-state index contributed by atoms with van der Waals surface area (Å²) in [6.45, 7) is 2.09. The summed E-state index contributed by atoms with van der Waals surface area (Å²) < 4.78 is 27.5. The first-order chi connectivity index (χ1) is 10.9. The average Bonchev–Trinajstić information content (AvgIpc) is 2.54. The fraction of sp³-hybridized carbons (Fsp3) is 0.562. The van der Waals surface area contributed by atoms with Gasteiger partial charge in [-0.2, -0.15) is 0 Å². The molecule has 1 fully saturated rings. The van der Waals surface area contributed by atoms with Crippen LogP contribution in [0.3, 0.4) is 0 Å². The van der Waals surface area contributed by atoms with Gasteiger partial charge in [-0.15, -0.1) is 11.6 Å². The molecular weight excluding hydrogens is 336 g/mol. The number of hydrogen-bond acceptors (Lipinski definition) is 3. The smallest absolute Gasteiger partial charge is 0.240 e. The Morgan fingerprint density at radius 3 is 2.35 bits per heavy atom. The SMILES string of the molecule is Cc1ccc(S(=O)(=O)NCC2(NC(=O)CCl)CCCCC2)cc1. The van der Waals surface area contributed by atoms with Gasteiger partial charge < -0.3 is 5.32 Å². The lowest BCUT2D eigenvalue weighted by Crippen LogP contribution is -2.56. The van der Waals surface area contributed by atoms with Gasteiger partial charge in [0.05, 0.1) is 10.4 Å². The molecule has 128 valence electrons. The molecule has 1 aliphatic carbocycles. The first-order valence-corrected chi connectivity index (χ1v) is 9.82. The van der Waals surface area contributed by atoms with Crippen LogP contribution in [0.5, 0.6) is 0 Å². The monoisotopic (exact) mass is 358 g/mol. The van der Waals surface area contributed by atoms with E-state index in [2.05, 4.69) is 10.0 Å². The molecule has 0 spiro atoms. The van der Waals surface area contributed by atoms with E-state index in [9.17, 15) is 13.2 Å². The molecule has 0 aliphatic heterocycles. The molecule has 1 amide bonds. The predicted octanol–water partition coefficient (Wildman–Crippen LogP) is 2.33. The van der Waals surface area contributed by atoms with Gasteiger partial charge in [0.15, 0.2) is 0 Å². The van der Waals surface area contributed by atoms with Gasteiger partial charge in [-0.1, -0.05) is 37.0 Å². The van der Waals surface area contributed by atoms with Crippen molar-refractivity contribution in [1.82, 2.24) is 10.0 Å². The largest absolute Gasteiger partial charge is 0.348 e. The molecule has 1 aromatic rings. The minimum atomic E-state index is -3.59. The van der Waals surface area contributed by atoms with Gasteiger partial charge >= 0.3 is 0 Å². The van der Waals surface area contributed by atoms with Crippen LogP contribution in [0, 0.1) is 6.92 Å². The minimum absolute atomic E-state index is 0.119. The minimum Gasteiger partial charge on any atom is -0.348 e. The number of carbonyl (C=O) groups is 1. The van der Waals surface area contributed by atoms with E-state index in [0.717, 1.165) is 37.7 Å². The maximum atomic E-state index is 12.4. The van der Waals surface area contributed by atoms with Gasteiger partial charge in [0, 0.05) is 6.54 Å². The van der Waals surface area contributed by atoms with Gasteiger partial charge in [0.1, 0.15) is 5.88 Å². The van der Waals surface area contributed by atoms with E-state index in [-0.39, 0.29) is 23.2 Å². The number of carbonyl (C=O) groups excluding carboxylic acids is 1. The second kappa shape index (κ2) is 7.64. The zero-order chi connectivity index (χ0) is 16.9. The Morgan fingerprint density at radius 1 is 1.17 bits per heavy atom. The van der Waals surface area contributed by atoms with Crippen LogP contribution in [0.1, 0.15) is 37.7 Å². The zero-order valence-corrected chi connectivity index (χ0v) is 14.8. The molecule has 0 aromatic heterocycles. The molecule has 0 bridgehead atoms. The summed E-state index contributed by atoms with van der Waals surface area (Å²) in [5.74, 6) is -0.380. The van der Waals surface area contributed by atoms with E-state index in [0.29, 0.717) is 0 Å². The Morgan fingerprint density at radius 2 is 1.78 bits per heavy atom. The second-order valence-electron chi connectivity index (χ2n) is 6.16. The zero-order valence-electron chi connectivity index (χ0n) is 13.3. The lowest BCUT2D eigenvalue weighted by Gasteiger charge is -2.38. The summed E-state index contributed by atoms with van der Waals surface area (Å²) in [7, 11) is -3.59. The van der Waals surface area contributed by atoms with E-state index in [1.807, 2.05) is 6.92 Å². The van der Waals surface area contributed by atoms with E-state index < -0.39 is 15.6 Å². The van der Waals surface area contributed by atoms with Gasteiger partial charge in [-0.25, -0.2) is 13.1 Å². The molecule has 0 atom stereocenters. The van der Waals surface area contributed by atoms with Crippen molar-refractivity contribution >= 4 is 27.5 Å². The van der Waals surface area contributed by atoms with Crippen LogP contribution in [-0.4, -0.2) is 32.3 Å². The molecule has 0 unspecified atom stereocenters. The number of alkyl halides is 1. The molecule has 0 heterocycles. The third kappa shape index (κ3) is 4.93. The molecule has 1 aromatic carbocycles. The van der Waals surface area contributed by atoms with Crippen molar-refractivity contribution in [3.8, 4) is 0 Å². The summed E-state index contributed by atoms with van der Waals surface area (Å²) in [5.41, 5.74) is 0.462. The normalized spacial score (nSPS) is 17.7. The van der Waals surface area contributed by atoms with Crippen molar-refractivity contribution in [2.24, 2.45) is 0 Å². The van der Waals surface area contributed by atoms with E-state index in [1.54, 1.807) is 24.3 Å². The molecule has 1 aliphatic rings. The Bertz CT molecular complexity index is 638. The summed E-state index contributed by atoms with van der Waals surface area (Å²) in [6.07, 6.45) is 4.55. The van der Waals surface area contributed by atoms with E-state index in [4.69, 9.17) is 11.6 Å². The van der Waals surface area contributed by atoms with Crippen LogP contribution in [-0.2, 0) is 14.8 Å². The van der Waals surface area contributed by atoms with Gasteiger partial charge in [0.2, 0.25) is 15.9 Å². The average molecular weight is 359 g/mol. The lowest BCUT2D eigenvalue weighted by atomic mass is 9.81. The van der Waals surface area contributed by atoms with Crippen LogP contribution < -0.4 is 10.0 Å². The van der Waals surface area contributed by atoms with Crippen molar-refractivity contribution < 1.29 is 13.2 Å². The second-order valence-corrected chi connectivity index (χ2v) is 8.19. The summed E-state index contributed by atoms with van der Waals surface area (Å²) in [6, 6.07) is 6.70. The number of nitrogens with one attached hydrogen (secondary N) is 2. The maximum absolute atomic E-state index is 12.4. The van der Waals surface area contributed by atoms with Crippen LogP contribution in [0.25, 0.3) is 0 Å². The number of hydrogen-bond donors (Lipinski definition) is 2. The summed E-state index contributed by atoms with van der Waals surface area (Å²) in [5, 5.41) is 2.92. The Hall–Kier alpha value is -1.11. The van der Waals surface area contributed by atoms with Crippen molar-refractivity contribution in [2.75, 3.05) is 12.4 Å². The molecule has 23 heavy (non-hydrogen) atoms. The highest BCUT2D eigenvalue weighted by molar-refractivity contribution is 7.89. The standard InChI is InChI=1S/C16H23ClN2O3S/c1-13-5-7-14(8-6-13)23(21,22)18-12-16(19-15(20)11-17)9-3-2-4-10-16/h5-8,18H,2-4,9-12H2,1H3,(H,19,20). The van der Waals surface area contributed by atoms with Crippen molar-refractivity contribution in [2.45, 2.75) is 49.5 Å². The molecule has 5 nitrogen and oxygen atoms in total.